The molecular weight excluding hydrogens is 378 g/mol. The summed E-state index contributed by atoms with van der Waals surface area (Å²) in [5.74, 6) is -1.40. The van der Waals surface area contributed by atoms with Gasteiger partial charge >= 0.3 is 0 Å². The summed E-state index contributed by atoms with van der Waals surface area (Å²) < 4.78 is 0. The number of imide groups is 1. The Morgan fingerprint density at radius 3 is 1.97 bits per heavy atom. The van der Waals surface area contributed by atoms with Crippen LogP contribution in [-0.2, 0) is 4.79 Å². The van der Waals surface area contributed by atoms with Crippen LogP contribution in [0.25, 0.3) is 0 Å². The molecule has 1 N–H and O–H groups in total. The lowest BCUT2D eigenvalue weighted by atomic mass is 10.0. The van der Waals surface area contributed by atoms with Crippen molar-refractivity contribution in [1.82, 2.24) is 4.90 Å². The van der Waals surface area contributed by atoms with Crippen LogP contribution in [0, 0.1) is 5.92 Å². The third-order valence-corrected chi connectivity index (χ3v) is 5.86. The summed E-state index contributed by atoms with van der Waals surface area (Å²) in [6.07, 6.45) is 3.68. The topological polar surface area (TPSA) is 69.7 Å². The van der Waals surface area contributed by atoms with Crippen LogP contribution in [0.1, 0.15) is 53.8 Å². The number of nitrogens with one attached hydrogen (secondary N) is 1. The molecule has 0 spiro atoms. The number of carbonyl (C=O) groups excluding carboxylic acids is 3. The Bertz CT molecular complexity index is 927. The Morgan fingerprint density at radius 2 is 1.43 bits per heavy atom. The maximum Gasteiger partial charge on any atom is 0.262 e. The smallest absolute Gasteiger partial charge is 0.262 e. The zero-order valence-electron chi connectivity index (χ0n) is 17.4. The van der Waals surface area contributed by atoms with Crippen molar-refractivity contribution in [1.29, 1.82) is 0 Å². The van der Waals surface area contributed by atoms with Crippen LogP contribution in [-0.4, -0.2) is 41.8 Å². The molecular formula is C24H27N3O3. The van der Waals surface area contributed by atoms with Gasteiger partial charge < -0.3 is 10.2 Å². The molecule has 0 radical (unpaired) electrons. The van der Waals surface area contributed by atoms with Crippen LogP contribution in [0.15, 0.2) is 48.5 Å². The van der Waals surface area contributed by atoms with Crippen molar-refractivity contribution in [2.75, 3.05) is 23.3 Å². The van der Waals surface area contributed by atoms with Crippen LogP contribution in [0.4, 0.5) is 11.4 Å². The van der Waals surface area contributed by atoms with Gasteiger partial charge in [-0.3, -0.25) is 19.3 Å². The lowest BCUT2D eigenvalue weighted by Gasteiger charge is -2.29. The summed E-state index contributed by atoms with van der Waals surface area (Å²) in [4.78, 5) is 42.3. The van der Waals surface area contributed by atoms with Crippen molar-refractivity contribution in [3.63, 3.8) is 0 Å². The summed E-state index contributed by atoms with van der Waals surface area (Å²) in [5.41, 5.74) is 2.51. The van der Waals surface area contributed by atoms with Crippen LogP contribution in [0.3, 0.4) is 0 Å². The molecule has 2 aliphatic rings. The molecule has 6 heteroatoms. The first-order valence-electron chi connectivity index (χ1n) is 10.6. The Kier molecular flexibility index (Phi) is 5.57. The Labute approximate surface area is 176 Å². The van der Waals surface area contributed by atoms with Gasteiger partial charge in [-0.1, -0.05) is 26.0 Å². The van der Waals surface area contributed by atoms with Gasteiger partial charge in [-0.25, -0.2) is 0 Å². The number of nitrogens with zero attached hydrogens (tertiary/aromatic N) is 2. The molecule has 0 bridgehead atoms. The van der Waals surface area contributed by atoms with Crippen molar-refractivity contribution in [2.45, 2.75) is 39.2 Å². The van der Waals surface area contributed by atoms with Gasteiger partial charge in [0, 0.05) is 24.5 Å². The Morgan fingerprint density at radius 1 is 0.867 bits per heavy atom. The van der Waals surface area contributed by atoms with E-state index in [0.29, 0.717) is 16.8 Å². The van der Waals surface area contributed by atoms with E-state index in [-0.39, 0.29) is 11.8 Å². The largest absolute Gasteiger partial charge is 0.372 e. The van der Waals surface area contributed by atoms with Crippen LogP contribution >= 0.6 is 0 Å². The maximum absolute atomic E-state index is 13.1. The van der Waals surface area contributed by atoms with E-state index in [0.717, 1.165) is 23.7 Å². The Hall–Kier alpha value is -3.15. The summed E-state index contributed by atoms with van der Waals surface area (Å²) in [5, 5.41) is 2.89. The van der Waals surface area contributed by atoms with E-state index in [1.807, 2.05) is 38.1 Å². The molecule has 4 rings (SSSR count). The van der Waals surface area contributed by atoms with Gasteiger partial charge in [-0.05, 0) is 61.6 Å². The zero-order valence-corrected chi connectivity index (χ0v) is 17.4. The molecule has 0 unspecified atom stereocenters. The number of hydrogen-bond acceptors (Lipinski definition) is 4. The van der Waals surface area contributed by atoms with Gasteiger partial charge in [0.15, 0.2) is 0 Å². The predicted octanol–water partition coefficient (Wildman–Crippen LogP) is 3.94. The summed E-state index contributed by atoms with van der Waals surface area (Å²) in [6, 6.07) is 13.6. The minimum atomic E-state index is -0.876. The minimum absolute atomic E-state index is 0.222. The molecule has 0 saturated carbocycles. The normalized spacial score (nSPS) is 17.3. The van der Waals surface area contributed by atoms with Gasteiger partial charge in [0.2, 0.25) is 5.91 Å². The zero-order chi connectivity index (χ0) is 21.3. The van der Waals surface area contributed by atoms with Crippen molar-refractivity contribution >= 4 is 29.1 Å². The summed E-state index contributed by atoms with van der Waals surface area (Å²) in [7, 11) is 0. The van der Waals surface area contributed by atoms with Crippen molar-refractivity contribution < 1.29 is 14.4 Å². The second-order valence-electron chi connectivity index (χ2n) is 8.30. The average Bonchev–Trinajstić information content (AvgIpc) is 3.00. The highest BCUT2D eigenvalue weighted by atomic mass is 16.2. The minimum Gasteiger partial charge on any atom is -0.372 e. The fraction of sp³-hybridized carbons (Fsp3) is 0.375. The van der Waals surface area contributed by atoms with E-state index in [2.05, 4.69) is 10.2 Å². The first-order chi connectivity index (χ1) is 14.5. The number of hydrogen-bond donors (Lipinski definition) is 1. The first kappa shape index (κ1) is 20.1. The standard InChI is InChI=1S/C24H27N3O3/c1-16(2)21(27-23(29)19-8-4-5-9-20(19)24(27)30)22(28)25-17-10-12-18(13-11-17)26-14-6-3-7-15-26/h4-5,8-13,16,21H,3,6-7,14-15H2,1-2H3,(H,25,28)/t21-/m0/s1. The molecule has 2 aromatic carbocycles. The SMILES string of the molecule is CC(C)[C@@H](C(=O)Nc1ccc(N2CCCCC2)cc1)N1C(=O)c2ccccc2C1=O. The summed E-state index contributed by atoms with van der Waals surface area (Å²) >= 11 is 0. The number of carbonyl (C=O) groups is 3. The lowest BCUT2D eigenvalue weighted by molar-refractivity contribution is -0.121. The highest BCUT2D eigenvalue weighted by Crippen LogP contribution is 2.28. The van der Waals surface area contributed by atoms with E-state index in [9.17, 15) is 14.4 Å². The third kappa shape index (κ3) is 3.70. The molecule has 1 fully saturated rings. The second kappa shape index (κ2) is 8.30. The van der Waals surface area contributed by atoms with Crippen LogP contribution in [0.2, 0.25) is 0 Å². The number of fused-ring (bicyclic) bond motifs is 1. The predicted molar refractivity (Wildman–Crippen MR) is 117 cm³/mol. The number of rotatable bonds is 5. The monoisotopic (exact) mass is 405 g/mol. The van der Waals surface area contributed by atoms with Crippen LogP contribution in [0.5, 0.6) is 0 Å². The number of amides is 3. The van der Waals surface area contributed by atoms with Crippen molar-refractivity contribution in [2.24, 2.45) is 5.92 Å². The third-order valence-electron chi connectivity index (χ3n) is 5.86. The average molecular weight is 405 g/mol. The highest BCUT2D eigenvalue weighted by molar-refractivity contribution is 6.23. The molecule has 156 valence electrons. The van der Waals surface area contributed by atoms with Crippen molar-refractivity contribution in [3.05, 3.63) is 59.7 Å². The summed E-state index contributed by atoms with van der Waals surface area (Å²) in [6.45, 7) is 5.79. The molecule has 1 saturated heterocycles. The number of piperidine rings is 1. The number of benzene rings is 2. The van der Waals surface area contributed by atoms with E-state index < -0.39 is 17.9 Å². The van der Waals surface area contributed by atoms with E-state index in [4.69, 9.17) is 0 Å². The molecule has 2 heterocycles. The molecule has 2 aromatic rings. The molecule has 30 heavy (non-hydrogen) atoms. The van der Waals surface area contributed by atoms with Gasteiger partial charge in [0.1, 0.15) is 6.04 Å². The fourth-order valence-electron chi connectivity index (χ4n) is 4.30. The van der Waals surface area contributed by atoms with Gasteiger partial charge in [-0.2, -0.15) is 0 Å². The molecule has 0 aliphatic carbocycles. The molecule has 0 aromatic heterocycles. The van der Waals surface area contributed by atoms with Crippen molar-refractivity contribution in [3.8, 4) is 0 Å². The van der Waals surface area contributed by atoms with E-state index in [1.165, 1.54) is 19.3 Å². The van der Waals surface area contributed by atoms with E-state index in [1.54, 1.807) is 24.3 Å². The van der Waals surface area contributed by atoms with Crippen LogP contribution < -0.4 is 10.2 Å². The molecule has 1 atom stereocenters. The van der Waals surface area contributed by atoms with Gasteiger partial charge in [-0.15, -0.1) is 0 Å². The fourth-order valence-corrected chi connectivity index (χ4v) is 4.30. The second-order valence-corrected chi connectivity index (χ2v) is 8.30. The van der Waals surface area contributed by atoms with Gasteiger partial charge in [0.25, 0.3) is 11.8 Å². The molecule has 6 nitrogen and oxygen atoms in total. The molecule has 3 amide bonds. The quantitative estimate of drug-likeness (QED) is 0.765. The molecule has 2 aliphatic heterocycles. The van der Waals surface area contributed by atoms with E-state index >= 15 is 0 Å². The highest BCUT2D eigenvalue weighted by Gasteiger charge is 2.43. The lowest BCUT2D eigenvalue weighted by Crippen LogP contribution is -2.50. The Balaban J connectivity index is 1.51. The van der Waals surface area contributed by atoms with Gasteiger partial charge in [0.05, 0.1) is 11.1 Å². The maximum atomic E-state index is 13.1. The first-order valence-corrected chi connectivity index (χ1v) is 10.6. The number of anilines is 2.